The van der Waals surface area contributed by atoms with Crippen molar-refractivity contribution in [3.63, 3.8) is 0 Å². The maximum absolute atomic E-state index is 11.1. The molecule has 1 fully saturated rings. The van der Waals surface area contributed by atoms with E-state index in [0.29, 0.717) is 5.92 Å². The molecule has 2 rings (SSSR count). The van der Waals surface area contributed by atoms with Gasteiger partial charge in [0.05, 0.1) is 0 Å². The molecule has 0 aromatic carbocycles. The second-order valence-electron chi connectivity index (χ2n) is 3.47. The molecule has 6 heteroatoms. The molecule has 1 aliphatic heterocycles. The molecule has 1 aromatic rings. The maximum atomic E-state index is 11.1. The van der Waals surface area contributed by atoms with Crippen molar-refractivity contribution in [1.82, 2.24) is 20.1 Å². The van der Waals surface area contributed by atoms with E-state index in [-0.39, 0.29) is 18.1 Å². The molecule has 14 heavy (non-hydrogen) atoms. The van der Waals surface area contributed by atoms with Crippen LogP contribution in [0.3, 0.4) is 0 Å². The van der Waals surface area contributed by atoms with Gasteiger partial charge in [-0.25, -0.2) is 9.89 Å². The number of rotatable bonds is 1. The Hall–Kier alpha value is -0.810. The van der Waals surface area contributed by atoms with Crippen molar-refractivity contribution in [2.75, 3.05) is 13.1 Å². The fraction of sp³-hybridized carbons (Fsp3) is 0.750. The van der Waals surface area contributed by atoms with Crippen LogP contribution in [0.2, 0.25) is 0 Å². The highest BCUT2D eigenvalue weighted by atomic mass is 35.5. The Morgan fingerprint density at radius 1 is 1.43 bits per heavy atom. The third kappa shape index (κ3) is 1.99. The monoisotopic (exact) mass is 218 g/mol. The van der Waals surface area contributed by atoms with Crippen LogP contribution in [0.25, 0.3) is 0 Å². The van der Waals surface area contributed by atoms with Crippen LogP contribution in [-0.4, -0.2) is 27.9 Å². The molecule has 0 amide bonds. The van der Waals surface area contributed by atoms with Gasteiger partial charge in [0.1, 0.15) is 5.82 Å². The summed E-state index contributed by atoms with van der Waals surface area (Å²) >= 11 is 0. The molecule has 0 bridgehead atoms. The van der Waals surface area contributed by atoms with Gasteiger partial charge >= 0.3 is 5.69 Å². The molecular formula is C8H15ClN4O. The van der Waals surface area contributed by atoms with Crippen LogP contribution in [0.4, 0.5) is 0 Å². The Morgan fingerprint density at radius 2 is 2.07 bits per heavy atom. The van der Waals surface area contributed by atoms with E-state index in [0.717, 1.165) is 31.8 Å². The molecule has 1 aromatic heterocycles. The molecule has 0 aliphatic carbocycles. The molecule has 0 atom stereocenters. The summed E-state index contributed by atoms with van der Waals surface area (Å²) in [7, 11) is 1.77. The molecule has 0 spiro atoms. The molecule has 2 heterocycles. The third-order valence-corrected chi connectivity index (χ3v) is 2.62. The molecule has 0 unspecified atom stereocenters. The average molecular weight is 219 g/mol. The number of aromatic nitrogens is 3. The third-order valence-electron chi connectivity index (χ3n) is 2.62. The molecule has 1 saturated heterocycles. The van der Waals surface area contributed by atoms with Crippen LogP contribution in [0, 0.1) is 0 Å². The number of hydrogen-bond donors (Lipinski definition) is 2. The Morgan fingerprint density at radius 3 is 2.57 bits per heavy atom. The quantitative estimate of drug-likeness (QED) is 0.698. The second-order valence-corrected chi connectivity index (χ2v) is 3.47. The zero-order valence-corrected chi connectivity index (χ0v) is 8.93. The Balaban J connectivity index is 0.000000980. The Kier molecular flexibility index (Phi) is 3.71. The lowest BCUT2D eigenvalue weighted by molar-refractivity contribution is 0.435. The highest BCUT2D eigenvalue weighted by Gasteiger charge is 2.19. The largest absolute Gasteiger partial charge is 0.343 e. The molecule has 2 N–H and O–H groups in total. The van der Waals surface area contributed by atoms with Crippen molar-refractivity contribution in [3.8, 4) is 0 Å². The smallest absolute Gasteiger partial charge is 0.317 e. The van der Waals surface area contributed by atoms with Crippen LogP contribution in [0.1, 0.15) is 24.6 Å². The van der Waals surface area contributed by atoms with E-state index in [4.69, 9.17) is 0 Å². The lowest BCUT2D eigenvalue weighted by Crippen LogP contribution is -2.28. The van der Waals surface area contributed by atoms with Gasteiger partial charge in [-0.3, -0.25) is 4.57 Å². The van der Waals surface area contributed by atoms with Crippen molar-refractivity contribution < 1.29 is 0 Å². The minimum atomic E-state index is -0.117. The van der Waals surface area contributed by atoms with Crippen molar-refractivity contribution in [2.45, 2.75) is 18.8 Å². The topological polar surface area (TPSA) is 62.7 Å². The van der Waals surface area contributed by atoms with E-state index < -0.39 is 0 Å². The summed E-state index contributed by atoms with van der Waals surface area (Å²) in [6.07, 6.45) is 2.14. The van der Waals surface area contributed by atoms with E-state index in [1.807, 2.05) is 0 Å². The molecule has 1 aliphatic rings. The highest BCUT2D eigenvalue weighted by molar-refractivity contribution is 5.85. The van der Waals surface area contributed by atoms with Crippen LogP contribution in [0.5, 0.6) is 0 Å². The van der Waals surface area contributed by atoms with Crippen LogP contribution < -0.4 is 11.0 Å². The number of halogens is 1. The first-order chi connectivity index (χ1) is 6.29. The number of aromatic amines is 1. The summed E-state index contributed by atoms with van der Waals surface area (Å²) in [6.45, 7) is 2.04. The van der Waals surface area contributed by atoms with Crippen molar-refractivity contribution >= 4 is 12.4 Å². The fourth-order valence-electron chi connectivity index (χ4n) is 1.80. The lowest BCUT2D eigenvalue weighted by atomic mass is 9.97. The van der Waals surface area contributed by atoms with Gasteiger partial charge in [-0.15, -0.1) is 12.4 Å². The fourth-order valence-corrected chi connectivity index (χ4v) is 1.80. The van der Waals surface area contributed by atoms with Gasteiger partial charge in [0, 0.05) is 13.0 Å². The van der Waals surface area contributed by atoms with Gasteiger partial charge in [0.25, 0.3) is 0 Å². The van der Waals surface area contributed by atoms with E-state index >= 15 is 0 Å². The lowest BCUT2D eigenvalue weighted by Gasteiger charge is -2.21. The average Bonchev–Trinajstić information content (AvgIpc) is 2.49. The first-order valence-electron chi connectivity index (χ1n) is 4.61. The van der Waals surface area contributed by atoms with E-state index in [1.165, 1.54) is 0 Å². The summed E-state index contributed by atoms with van der Waals surface area (Å²) in [5, 5.41) is 9.79. The minimum absolute atomic E-state index is 0. The van der Waals surface area contributed by atoms with Gasteiger partial charge in [0.2, 0.25) is 0 Å². The zero-order valence-electron chi connectivity index (χ0n) is 8.12. The maximum Gasteiger partial charge on any atom is 0.343 e. The van der Waals surface area contributed by atoms with E-state index in [9.17, 15) is 4.79 Å². The summed E-state index contributed by atoms with van der Waals surface area (Å²) in [4.78, 5) is 11.1. The molecule has 80 valence electrons. The van der Waals surface area contributed by atoms with E-state index in [2.05, 4.69) is 15.5 Å². The molecular weight excluding hydrogens is 204 g/mol. The van der Waals surface area contributed by atoms with Crippen molar-refractivity contribution in [1.29, 1.82) is 0 Å². The van der Waals surface area contributed by atoms with Crippen molar-refractivity contribution in [3.05, 3.63) is 16.3 Å². The van der Waals surface area contributed by atoms with Crippen LogP contribution in [-0.2, 0) is 7.05 Å². The van der Waals surface area contributed by atoms with Crippen LogP contribution >= 0.6 is 12.4 Å². The highest BCUT2D eigenvalue weighted by Crippen LogP contribution is 2.21. The first-order valence-corrected chi connectivity index (χ1v) is 4.61. The molecule has 0 saturated carbocycles. The number of piperidine rings is 1. The van der Waals surface area contributed by atoms with Gasteiger partial charge in [-0.05, 0) is 25.9 Å². The van der Waals surface area contributed by atoms with Crippen LogP contribution in [0.15, 0.2) is 4.79 Å². The summed E-state index contributed by atoms with van der Waals surface area (Å²) in [6, 6.07) is 0. The van der Waals surface area contributed by atoms with E-state index in [1.54, 1.807) is 11.6 Å². The summed E-state index contributed by atoms with van der Waals surface area (Å²) < 4.78 is 1.61. The SMILES string of the molecule is Cl.Cn1c(C2CCNCC2)n[nH]c1=O. The Labute approximate surface area is 88.3 Å². The van der Waals surface area contributed by atoms with Gasteiger partial charge in [-0.2, -0.15) is 5.10 Å². The molecule has 0 radical (unpaired) electrons. The minimum Gasteiger partial charge on any atom is -0.317 e. The van der Waals surface area contributed by atoms with Gasteiger partial charge in [0.15, 0.2) is 0 Å². The van der Waals surface area contributed by atoms with Gasteiger partial charge < -0.3 is 5.32 Å². The zero-order chi connectivity index (χ0) is 9.26. The summed E-state index contributed by atoms with van der Waals surface area (Å²) in [5.41, 5.74) is -0.117. The number of nitrogens with one attached hydrogen (secondary N) is 2. The number of H-pyrrole nitrogens is 1. The second kappa shape index (κ2) is 4.61. The Bertz CT molecular complexity index is 339. The van der Waals surface area contributed by atoms with Gasteiger partial charge in [-0.1, -0.05) is 0 Å². The number of hydrogen-bond acceptors (Lipinski definition) is 3. The first kappa shape index (κ1) is 11.3. The molecule has 5 nitrogen and oxygen atoms in total. The predicted molar refractivity (Wildman–Crippen MR) is 55.9 cm³/mol. The summed E-state index contributed by atoms with van der Waals surface area (Å²) in [5.74, 6) is 1.33. The number of nitrogens with zero attached hydrogens (tertiary/aromatic N) is 2. The standard InChI is InChI=1S/C8H14N4O.ClH/c1-12-7(10-11-8(12)13)6-2-4-9-5-3-6;/h6,9H,2-5H2,1H3,(H,11,13);1H. The van der Waals surface area contributed by atoms with Crippen molar-refractivity contribution in [2.24, 2.45) is 7.05 Å². The normalized spacial score (nSPS) is 17.8. The predicted octanol–water partition coefficient (Wildman–Crippen LogP) is -0.00280.